The number of hydrogen-bond donors (Lipinski definition) is 1. The molecule has 0 aliphatic heterocycles. The molecule has 6 nitrogen and oxygen atoms in total. The van der Waals surface area contributed by atoms with Gasteiger partial charge in [0.25, 0.3) is 5.91 Å². The highest BCUT2D eigenvalue weighted by molar-refractivity contribution is 7.21. The molecule has 0 atom stereocenters. The molecular weight excluding hydrogens is 333 g/mol. The largest absolute Gasteiger partial charge is 0.465 e. The van der Waals surface area contributed by atoms with Crippen molar-refractivity contribution in [2.45, 2.75) is 6.54 Å². The lowest BCUT2D eigenvalue weighted by molar-refractivity contribution is 0.0604. The highest BCUT2D eigenvalue weighted by Gasteiger charge is 2.22. The predicted molar refractivity (Wildman–Crippen MR) is 87.5 cm³/mol. The number of halogens is 1. The molecule has 8 heteroatoms. The Labute approximate surface area is 140 Å². The number of fused-ring (bicyclic) bond motifs is 1. The lowest BCUT2D eigenvalue weighted by Crippen LogP contribution is -2.26. The van der Waals surface area contributed by atoms with Crippen LogP contribution in [0.25, 0.3) is 10.1 Å². The number of methoxy groups -OCH3 is 1. The number of nitrogens with zero attached hydrogens (tertiary/aromatic N) is 2. The number of ether oxygens (including phenoxy) is 1. The number of esters is 1. The van der Waals surface area contributed by atoms with Crippen LogP contribution in [0.4, 0.5) is 4.39 Å². The molecule has 0 saturated heterocycles. The third-order valence-corrected chi connectivity index (χ3v) is 4.76. The van der Waals surface area contributed by atoms with Crippen LogP contribution in [-0.4, -0.2) is 28.5 Å². The van der Waals surface area contributed by atoms with Crippen LogP contribution in [0.5, 0.6) is 0 Å². The van der Waals surface area contributed by atoms with Crippen molar-refractivity contribution in [1.82, 2.24) is 14.9 Å². The average Bonchev–Trinajstić information content (AvgIpc) is 3.16. The molecule has 3 aromatic rings. The summed E-state index contributed by atoms with van der Waals surface area (Å²) in [5.41, 5.74) is 0.405. The van der Waals surface area contributed by atoms with Gasteiger partial charge in [0.05, 0.1) is 7.11 Å². The predicted octanol–water partition coefficient (Wildman–Crippen LogP) is 2.49. The molecule has 0 aliphatic rings. The van der Waals surface area contributed by atoms with Crippen LogP contribution in [0, 0.1) is 5.82 Å². The van der Waals surface area contributed by atoms with Crippen LogP contribution in [0.2, 0.25) is 0 Å². The van der Waals surface area contributed by atoms with Crippen molar-refractivity contribution in [2.75, 3.05) is 7.11 Å². The van der Waals surface area contributed by atoms with Gasteiger partial charge in [-0.1, -0.05) is 6.07 Å². The quantitative estimate of drug-likeness (QED) is 0.736. The molecule has 0 unspecified atom stereocenters. The first kappa shape index (κ1) is 16.1. The minimum Gasteiger partial charge on any atom is -0.465 e. The number of hydrogen-bond acceptors (Lipinski definition) is 5. The molecule has 0 aliphatic carbocycles. The second kappa shape index (κ2) is 6.40. The van der Waals surface area contributed by atoms with E-state index in [1.807, 2.05) is 0 Å². The van der Waals surface area contributed by atoms with Gasteiger partial charge < -0.3 is 14.6 Å². The summed E-state index contributed by atoms with van der Waals surface area (Å²) in [6.45, 7) is -0.00292. The Hall–Kier alpha value is -2.74. The smallest absolute Gasteiger partial charge is 0.348 e. The van der Waals surface area contributed by atoms with Gasteiger partial charge in [0, 0.05) is 41.6 Å². The fourth-order valence-electron chi connectivity index (χ4n) is 2.43. The molecule has 0 bridgehead atoms. The van der Waals surface area contributed by atoms with Crippen LogP contribution >= 0.6 is 11.3 Å². The van der Waals surface area contributed by atoms with Gasteiger partial charge in [0.15, 0.2) is 5.82 Å². The first-order valence-corrected chi connectivity index (χ1v) is 7.88. The number of aryl methyl sites for hydroxylation is 1. The molecule has 0 fully saturated rings. The minimum absolute atomic E-state index is 0.00292. The number of carbonyl (C=O) groups excluding carboxylic acids is 2. The zero-order chi connectivity index (χ0) is 17.3. The van der Waals surface area contributed by atoms with Crippen LogP contribution < -0.4 is 5.32 Å². The molecular formula is C16H14FN3O3S. The van der Waals surface area contributed by atoms with E-state index in [1.54, 1.807) is 29.9 Å². The van der Waals surface area contributed by atoms with Crippen molar-refractivity contribution in [3.63, 3.8) is 0 Å². The minimum atomic E-state index is -0.558. The van der Waals surface area contributed by atoms with Gasteiger partial charge in [0.1, 0.15) is 10.7 Å². The van der Waals surface area contributed by atoms with Gasteiger partial charge in [-0.3, -0.25) is 4.79 Å². The monoisotopic (exact) mass is 347 g/mol. The average molecular weight is 347 g/mol. The van der Waals surface area contributed by atoms with Crippen molar-refractivity contribution in [3.8, 4) is 0 Å². The van der Waals surface area contributed by atoms with E-state index in [2.05, 4.69) is 10.3 Å². The number of nitrogens with one attached hydrogen (secondary N) is 1. The van der Waals surface area contributed by atoms with Crippen LogP contribution in [-0.2, 0) is 18.3 Å². The molecule has 0 spiro atoms. The lowest BCUT2D eigenvalue weighted by atomic mass is 10.1. The highest BCUT2D eigenvalue weighted by atomic mass is 32.1. The molecule has 1 amide bonds. The standard InChI is InChI=1S/C16H14FN3O3S/c1-20-7-6-18-14(20)15(21)19-8-9-12-10(17)4-3-5-11(12)24-13(9)16(22)23-2/h3-7H,8H2,1-2H3,(H,19,21). The van der Waals surface area contributed by atoms with E-state index in [1.165, 1.54) is 19.4 Å². The summed E-state index contributed by atoms with van der Waals surface area (Å²) in [4.78, 5) is 28.4. The summed E-state index contributed by atoms with van der Waals surface area (Å²) in [5.74, 6) is -1.18. The summed E-state index contributed by atoms with van der Waals surface area (Å²) in [7, 11) is 2.96. The molecule has 2 heterocycles. The van der Waals surface area contributed by atoms with E-state index in [-0.39, 0.29) is 17.2 Å². The maximum Gasteiger partial charge on any atom is 0.348 e. The fourth-order valence-corrected chi connectivity index (χ4v) is 3.58. The lowest BCUT2D eigenvalue weighted by Gasteiger charge is -2.07. The van der Waals surface area contributed by atoms with Crippen LogP contribution in [0.15, 0.2) is 30.6 Å². The Bertz CT molecular complexity index is 932. The zero-order valence-corrected chi connectivity index (χ0v) is 13.8. The molecule has 3 rings (SSSR count). The highest BCUT2D eigenvalue weighted by Crippen LogP contribution is 2.33. The maximum absolute atomic E-state index is 14.2. The number of rotatable bonds is 4. The number of thiophene rings is 1. The van der Waals surface area contributed by atoms with Crippen molar-refractivity contribution in [1.29, 1.82) is 0 Å². The number of benzene rings is 1. The van der Waals surface area contributed by atoms with Gasteiger partial charge in [-0.2, -0.15) is 0 Å². The number of aromatic nitrogens is 2. The summed E-state index contributed by atoms with van der Waals surface area (Å²) in [5, 5.41) is 3.00. The molecule has 1 aromatic carbocycles. The van der Waals surface area contributed by atoms with Gasteiger partial charge in [-0.25, -0.2) is 14.2 Å². The summed E-state index contributed by atoms with van der Waals surface area (Å²) in [6, 6.07) is 4.62. The normalized spacial score (nSPS) is 10.8. The Morgan fingerprint density at radius 1 is 1.42 bits per heavy atom. The van der Waals surface area contributed by atoms with Crippen LogP contribution in [0.3, 0.4) is 0 Å². The molecule has 124 valence electrons. The summed E-state index contributed by atoms with van der Waals surface area (Å²) in [6.07, 6.45) is 3.16. The van der Waals surface area contributed by atoms with Crippen molar-refractivity contribution < 1.29 is 18.7 Å². The topological polar surface area (TPSA) is 73.2 Å². The van der Waals surface area contributed by atoms with E-state index in [9.17, 15) is 14.0 Å². The molecule has 0 saturated carbocycles. The Morgan fingerprint density at radius 2 is 2.21 bits per heavy atom. The first-order chi connectivity index (χ1) is 11.5. The van der Waals surface area contributed by atoms with Crippen LogP contribution in [0.1, 0.15) is 25.9 Å². The molecule has 24 heavy (non-hydrogen) atoms. The van der Waals surface area contributed by atoms with E-state index in [0.29, 0.717) is 15.6 Å². The molecule has 0 radical (unpaired) electrons. The van der Waals surface area contributed by atoms with E-state index >= 15 is 0 Å². The van der Waals surface area contributed by atoms with Crippen molar-refractivity contribution >= 4 is 33.3 Å². The second-order valence-electron chi connectivity index (χ2n) is 5.06. The van der Waals surface area contributed by atoms with E-state index in [4.69, 9.17) is 4.74 Å². The summed E-state index contributed by atoms with van der Waals surface area (Å²) >= 11 is 1.14. The molecule has 1 N–H and O–H groups in total. The van der Waals surface area contributed by atoms with Gasteiger partial charge in [-0.05, 0) is 12.1 Å². The fraction of sp³-hybridized carbons (Fsp3) is 0.188. The SMILES string of the molecule is COC(=O)c1sc2cccc(F)c2c1CNC(=O)c1nccn1C. The Morgan fingerprint density at radius 3 is 2.88 bits per heavy atom. The van der Waals surface area contributed by atoms with Gasteiger partial charge >= 0.3 is 5.97 Å². The van der Waals surface area contributed by atoms with Crippen molar-refractivity contribution in [2.24, 2.45) is 7.05 Å². The second-order valence-corrected chi connectivity index (χ2v) is 6.11. The third kappa shape index (κ3) is 2.76. The Kier molecular flexibility index (Phi) is 4.30. The zero-order valence-electron chi connectivity index (χ0n) is 13.0. The van der Waals surface area contributed by atoms with Crippen molar-refractivity contribution in [3.05, 3.63) is 52.7 Å². The van der Waals surface area contributed by atoms with E-state index < -0.39 is 17.7 Å². The number of imidazole rings is 1. The number of carbonyl (C=O) groups is 2. The van der Waals surface area contributed by atoms with E-state index in [0.717, 1.165) is 11.3 Å². The third-order valence-electron chi connectivity index (χ3n) is 3.58. The first-order valence-electron chi connectivity index (χ1n) is 7.06. The van der Waals surface area contributed by atoms with Gasteiger partial charge in [0.2, 0.25) is 0 Å². The molecule has 2 aromatic heterocycles. The van der Waals surface area contributed by atoms with Gasteiger partial charge in [-0.15, -0.1) is 11.3 Å². The maximum atomic E-state index is 14.2. The Balaban J connectivity index is 1.97. The number of amides is 1. The summed E-state index contributed by atoms with van der Waals surface area (Å²) < 4.78 is 21.2.